The van der Waals surface area contributed by atoms with Crippen LogP contribution < -0.4 is 20.1 Å². The summed E-state index contributed by atoms with van der Waals surface area (Å²) in [6.07, 6.45) is 0. The van der Waals surface area contributed by atoms with Crippen LogP contribution in [0.5, 0.6) is 11.5 Å². The van der Waals surface area contributed by atoms with E-state index in [1.165, 1.54) is 6.07 Å². The second-order valence-electron chi connectivity index (χ2n) is 5.43. The second kappa shape index (κ2) is 10.3. The van der Waals surface area contributed by atoms with Gasteiger partial charge in [0, 0.05) is 31.3 Å². The number of nitrogens with one attached hydrogen (secondary N) is 2. The van der Waals surface area contributed by atoms with E-state index in [1.807, 2.05) is 0 Å². The quantitative estimate of drug-likeness (QED) is 0.541. The van der Waals surface area contributed by atoms with E-state index in [-0.39, 0.29) is 30.4 Å². The number of rotatable bonds is 8. The van der Waals surface area contributed by atoms with E-state index in [4.69, 9.17) is 4.74 Å². The highest BCUT2D eigenvalue weighted by atomic mass is 19.3. The van der Waals surface area contributed by atoms with E-state index in [2.05, 4.69) is 20.4 Å². The molecule has 0 aliphatic heterocycles. The summed E-state index contributed by atoms with van der Waals surface area (Å²) >= 11 is 0. The van der Waals surface area contributed by atoms with Gasteiger partial charge in [-0.05, 0) is 19.1 Å². The molecule has 27 heavy (non-hydrogen) atoms. The van der Waals surface area contributed by atoms with Crippen molar-refractivity contribution in [2.24, 2.45) is 4.99 Å². The molecule has 2 rings (SSSR count). The highest BCUT2D eigenvalue weighted by Crippen LogP contribution is 2.32. The Kier molecular flexibility index (Phi) is 7.79. The number of ether oxygens (including phenoxy) is 2. The Balaban J connectivity index is 2.05. The molecule has 5 nitrogen and oxygen atoms in total. The standard InChI is InChI=1S/C19H22F3N3O2/c1-3-26-16-10-6-8-14(17(16)27-18(21)22)12-25-19(23-2)24-11-13-7-4-5-9-15(13)20/h4-10,18H,3,11-12H2,1-2H3,(H2,23,24,25). The van der Waals surface area contributed by atoms with Crippen molar-refractivity contribution in [3.8, 4) is 11.5 Å². The van der Waals surface area contributed by atoms with Gasteiger partial charge in [0.05, 0.1) is 6.61 Å². The van der Waals surface area contributed by atoms with E-state index >= 15 is 0 Å². The molecule has 0 radical (unpaired) electrons. The third-order valence-electron chi connectivity index (χ3n) is 3.64. The van der Waals surface area contributed by atoms with Crippen molar-refractivity contribution in [2.45, 2.75) is 26.6 Å². The van der Waals surface area contributed by atoms with Gasteiger partial charge in [-0.15, -0.1) is 0 Å². The number of hydrogen-bond acceptors (Lipinski definition) is 3. The predicted octanol–water partition coefficient (Wildman–Crippen LogP) is 3.69. The zero-order chi connectivity index (χ0) is 19.6. The lowest BCUT2D eigenvalue weighted by molar-refractivity contribution is -0.0520. The van der Waals surface area contributed by atoms with Crippen LogP contribution in [-0.4, -0.2) is 26.2 Å². The zero-order valence-corrected chi connectivity index (χ0v) is 15.1. The number of guanidine groups is 1. The Morgan fingerprint density at radius 2 is 1.70 bits per heavy atom. The molecule has 0 amide bonds. The summed E-state index contributed by atoms with van der Waals surface area (Å²) in [5.41, 5.74) is 0.968. The highest BCUT2D eigenvalue weighted by Gasteiger charge is 2.16. The first kappa shape index (κ1) is 20.4. The third kappa shape index (κ3) is 6.09. The monoisotopic (exact) mass is 381 g/mol. The second-order valence-corrected chi connectivity index (χ2v) is 5.43. The minimum Gasteiger partial charge on any atom is -0.490 e. The van der Waals surface area contributed by atoms with Gasteiger partial charge in [-0.2, -0.15) is 8.78 Å². The average Bonchev–Trinajstić information content (AvgIpc) is 2.65. The van der Waals surface area contributed by atoms with Crippen molar-refractivity contribution >= 4 is 5.96 Å². The molecule has 0 atom stereocenters. The maximum Gasteiger partial charge on any atom is 0.387 e. The molecule has 0 aromatic heterocycles. The van der Waals surface area contributed by atoms with Crippen LogP contribution in [0, 0.1) is 5.82 Å². The summed E-state index contributed by atoms with van der Waals surface area (Å²) in [5, 5.41) is 5.97. The summed E-state index contributed by atoms with van der Waals surface area (Å²) in [4.78, 5) is 4.05. The lowest BCUT2D eigenvalue weighted by Gasteiger charge is -2.17. The average molecular weight is 381 g/mol. The van der Waals surface area contributed by atoms with Crippen molar-refractivity contribution in [2.75, 3.05) is 13.7 Å². The molecule has 0 spiro atoms. The van der Waals surface area contributed by atoms with Gasteiger partial charge in [0.15, 0.2) is 17.5 Å². The van der Waals surface area contributed by atoms with E-state index < -0.39 is 6.61 Å². The molecule has 8 heteroatoms. The SMILES string of the molecule is CCOc1cccc(CNC(=NC)NCc2ccccc2F)c1OC(F)F. The van der Waals surface area contributed by atoms with Gasteiger partial charge in [0.25, 0.3) is 0 Å². The van der Waals surface area contributed by atoms with Crippen LogP contribution in [0.25, 0.3) is 0 Å². The molecule has 146 valence electrons. The molecular formula is C19H22F3N3O2. The van der Waals surface area contributed by atoms with Gasteiger partial charge in [-0.25, -0.2) is 4.39 Å². The molecule has 0 saturated heterocycles. The number of halogens is 3. The van der Waals surface area contributed by atoms with E-state index in [0.717, 1.165) is 0 Å². The summed E-state index contributed by atoms with van der Waals surface area (Å²) in [5.74, 6) is 0.290. The lowest BCUT2D eigenvalue weighted by Crippen LogP contribution is -2.36. The summed E-state index contributed by atoms with van der Waals surface area (Å²) in [6, 6.07) is 11.3. The number of nitrogens with zero attached hydrogens (tertiary/aromatic N) is 1. The maximum atomic E-state index is 13.7. The fourth-order valence-corrected chi connectivity index (χ4v) is 2.41. The molecule has 0 unspecified atom stereocenters. The van der Waals surface area contributed by atoms with E-state index in [0.29, 0.717) is 23.7 Å². The number of alkyl halides is 2. The fraction of sp³-hybridized carbons (Fsp3) is 0.316. The van der Waals surface area contributed by atoms with Crippen molar-refractivity contribution in [1.82, 2.24) is 10.6 Å². The minimum absolute atomic E-state index is 0.0218. The fourth-order valence-electron chi connectivity index (χ4n) is 2.41. The molecule has 0 aliphatic carbocycles. The maximum absolute atomic E-state index is 13.7. The van der Waals surface area contributed by atoms with Gasteiger partial charge in [0.1, 0.15) is 5.82 Å². The van der Waals surface area contributed by atoms with Gasteiger partial charge < -0.3 is 20.1 Å². The van der Waals surface area contributed by atoms with Crippen LogP contribution in [0.4, 0.5) is 13.2 Å². The Morgan fingerprint density at radius 3 is 2.33 bits per heavy atom. The largest absolute Gasteiger partial charge is 0.490 e. The van der Waals surface area contributed by atoms with Gasteiger partial charge >= 0.3 is 6.61 Å². The lowest BCUT2D eigenvalue weighted by atomic mass is 10.2. The van der Waals surface area contributed by atoms with Crippen molar-refractivity contribution in [1.29, 1.82) is 0 Å². The minimum atomic E-state index is -2.97. The topological polar surface area (TPSA) is 54.9 Å². The highest BCUT2D eigenvalue weighted by molar-refractivity contribution is 5.79. The number of para-hydroxylation sites is 1. The van der Waals surface area contributed by atoms with Crippen LogP contribution in [-0.2, 0) is 13.1 Å². The molecule has 0 aliphatic rings. The zero-order valence-electron chi connectivity index (χ0n) is 15.1. The van der Waals surface area contributed by atoms with Crippen LogP contribution >= 0.6 is 0 Å². The number of hydrogen-bond donors (Lipinski definition) is 2. The Labute approximate surface area is 156 Å². The van der Waals surface area contributed by atoms with Gasteiger partial charge in [0.2, 0.25) is 0 Å². The van der Waals surface area contributed by atoms with Crippen LogP contribution in [0.3, 0.4) is 0 Å². The number of benzene rings is 2. The molecule has 0 bridgehead atoms. The molecular weight excluding hydrogens is 359 g/mol. The smallest absolute Gasteiger partial charge is 0.387 e. The Bertz CT molecular complexity index is 770. The molecule has 0 fully saturated rings. The van der Waals surface area contributed by atoms with Crippen LogP contribution in [0.2, 0.25) is 0 Å². The normalized spacial score (nSPS) is 11.4. The first-order valence-electron chi connectivity index (χ1n) is 8.42. The Hall–Kier alpha value is -2.90. The molecule has 2 aromatic carbocycles. The first-order valence-corrected chi connectivity index (χ1v) is 8.42. The molecule has 0 heterocycles. The van der Waals surface area contributed by atoms with E-state index in [1.54, 1.807) is 50.4 Å². The summed E-state index contributed by atoms with van der Waals surface area (Å²) in [7, 11) is 1.56. The van der Waals surface area contributed by atoms with Crippen molar-refractivity contribution < 1.29 is 22.6 Å². The molecule has 2 N–H and O–H groups in total. The van der Waals surface area contributed by atoms with Crippen molar-refractivity contribution in [3.05, 3.63) is 59.4 Å². The summed E-state index contributed by atoms with van der Waals surface area (Å²) in [6.45, 7) is -0.497. The third-order valence-corrected chi connectivity index (χ3v) is 3.64. The molecule has 0 saturated carbocycles. The summed E-state index contributed by atoms with van der Waals surface area (Å²) < 4.78 is 49.2. The van der Waals surface area contributed by atoms with Crippen molar-refractivity contribution in [3.63, 3.8) is 0 Å². The first-order chi connectivity index (χ1) is 13.0. The predicted molar refractivity (Wildman–Crippen MR) is 97.7 cm³/mol. The van der Waals surface area contributed by atoms with Gasteiger partial charge in [-0.3, -0.25) is 4.99 Å². The number of aliphatic imine (C=N–C) groups is 1. The Morgan fingerprint density at radius 1 is 1.04 bits per heavy atom. The molecule has 2 aromatic rings. The van der Waals surface area contributed by atoms with Gasteiger partial charge in [-0.1, -0.05) is 30.3 Å². The van der Waals surface area contributed by atoms with Crippen LogP contribution in [0.1, 0.15) is 18.1 Å². The van der Waals surface area contributed by atoms with Crippen LogP contribution in [0.15, 0.2) is 47.5 Å². The van der Waals surface area contributed by atoms with E-state index in [9.17, 15) is 13.2 Å².